The zero-order valence-electron chi connectivity index (χ0n) is 14.1. The smallest absolute Gasteiger partial charge is 0 e. The van der Waals surface area contributed by atoms with Gasteiger partial charge < -0.3 is 7.43 Å². The van der Waals surface area contributed by atoms with E-state index in [1.54, 1.807) is 0 Å². The van der Waals surface area contributed by atoms with E-state index in [-0.39, 0.29) is 682 Å². The molecular weight excluding hydrogens is 5890 g/mol. The summed E-state index contributed by atoms with van der Waals surface area (Å²) in [5, 5.41) is 0. The fraction of sp³-hybridized carbons (Fsp3) is 0. The van der Waals surface area contributed by atoms with Crippen LogP contribution in [0.3, 0.4) is 0 Å². The summed E-state index contributed by atoms with van der Waals surface area (Å²) < 4.78 is 0. The van der Waals surface area contributed by atoms with Crippen LogP contribution < -0.4 is 0 Å². The molecule has 0 unspecified atom stereocenters. The van der Waals surface area contributed by atoms with E-state index in [9.17, 15) is 0 Å². The molecule has 0 heterocycles. The summed E-state index contributed by atoms with van der Waals surface area (Å²) >= 11 is 0. The van der Waals surface area contributed by atoms with Crippen LogP contribution in [-0.4, -0.2) is 0 Å². The van der Waals surface area contributed by atoms with Gasteiger partial charge in [0.05, 0.1) is 0 Å². The second-order valence-electron chi connectivity index (χ2n) is 0. The Labute approximate surface area is 661 Å². The van der Waals surface area contributed by atoms with Crippen molar-refractivity contribution in [2.45, 2.75) is 0 Å². The van der Waals surface area contributed by atoms with Crippen LogP contribution in [0.15, 0.2) is 0 Å². The second kappa shape index (κ2) is 313. The maximum Gasteiger partial charge on any atom is 0 e. The summed E-state index contributed by atoms with van der Waals surface area (Å²) in [7, 11) is 0. The summed E-state index contributed by atoms with van der Waals surface area (Å²) in [5.74, 6) is 0. The Morgan fingerprint density at radius 3 is 0.0606 bits per heavy atom. The summed E-state index contributed by atoms with van der Waals surface area (Å²) in [5.41, 5.74) is 0. The van der Waals surface area contributed by atoms with Gasteiger partial charge in [-0.2, -0.15) is 0 Å². The Bertz CT molecular complexity index is 6.47. The molecule has 0 aromatic rings. The molecule has 0 amide bonds. The Hall–Kier alpha value is 22.0. The van der Waals surface area contributed by atoms with Crippen LogP contribution in [0.4, 0.5) is 0 Å². The zero-order valence-corrected chi connectivity index (χ0v) is 108. The number of hydrogen-bond donors (Lipinski definition) is 0. The van der Waals surface area contributed by atoms with E-state index >= 15 is 0 Å². The van der Waals surface area contributed by atoms with Gasteiger partial charge in [0.25, 0.3) is 0 Å². The van der Waals surface area contributed by atoms with Crippen LogP contribution in [0.5, 0.6) is 0 Å². The van der Waals surface area contributed by atoms with Gasteiger partial charge >= 0.3 is 0 Å². The van der Waals surface area contributed by atoms with Gasteiger partial charge in [-0.15, -0.1) is 0 Å². The van der Waals surface area contributed by atoms with Crippen LogP contribution in [0.1, 0.15) is 0 Å². The minimum absolute atomic E-state index is 0. The van der Waals surface area contributed by atoms with Crippen molar-refractivity contribution in [3.63, 3.8) is 0 Å². The fourth-order valence-electron chi connectivity index (χ4n) is 0. The van der Waals surface area contributed by atoms with Gasteiger partial charge in [0.1, 0.15) is 0 Å². The first-order valence-electron chi connectivity index (χ1n) is 0. The van der Waals surface area contributed by atoms with E-state index in [2.05, 4.69) is 0 Å². The predicted molar refractivity (Wildman–Crippen MR) is 6.41 cm³/mol. The van der Waals surface area contributed by atoms with Gasteiger partial charge in [0, 0.05) is 674 Å². The summed E-state index contributed by atoms with van der Waals surface area (Å²) in [4.78, 5) is 0. The third-order valence-corrected chi connectivity index (χ3v) is 0. The van der Waals surface area contributed by atoms with Crippen molar-refractivity contribution < 1.29 is 674 Å². The van der Waals surface area contributed by atoms with Gasteiger partial charge in [0.15, 0.2) is 0 Å². The molecule has 0 bridgehead atoms. The third-order valence-electron chi connectivity index (χ3n) is 0. The van der Waals surface area contributed by atoms with E-state index in [0.29, 0.717) is 0 Å². The minimum atomic E-state index is 0. The summed E-state index contributed by atoms with van der Waals surface area (Å²) in [6, 6.07) is 0. The normalized spacial score (nSPS) is 0. The number of rotatable bonds is 0. The minimum Gasteiger partial charge on any atom is -0.358 e. The van der Waals surface area contributed by atoms with Crippen LogP contribution in [-0.2, 0) is 674 Å². The molecule has 33 heavy (non-hydrogen) atoms. The Balaban J connectivity index is 0. The largest absolute Gasteiger partial charge is 0.358 e. The molecule has 0 N–H and O–H groups in total. The first-order valence-corrected chi connectivity index (χ1v) is 0. The van der Waals surface area contributed by atoms with Crippen molar-refractivity contribution in [3.8, 4) is 0 Å². The Kier molecular flexibility index (Phi) is 3140. The topological polar surface area (TPSA) is 0 Å². The van der Waals surface area contributed by atoms with Crippen LogP contribution in [0.25, 0.3) is 0 Å². The molecule has 200 valence electrons. The van der Waals surface area contributed by atoms with Gasteiger partial charge in [-0.3, -0.25) is 0 Å². The second-order valence-corrected chi connectivity index (χ2v) is 0. The van der Waals surface area contributed by atoms with E-state index in [1.165, 1.54) is 0 Å². The SMILES string of the molecule is [CH3-].[W].[W].[W].[W].[W].[W].[W].[W].[W].[W].[W].[W].[W].[W].[W].[W].[W].[W].[W].[W].[W].[W].[W].[W].[W].[W].[W].[W].[W].[W].[W].[W]. The summed E-state index contributed by atoms with van der Waals surface area (Å²) in [6.45, 7) is 0. The van der Waals surface area contributed by atoms with Crippen LogP contribution in [0.2, 0.25) is 0 Å². The molecule has 0 aliphatic rings. The average molecular weight is 5900 g/mol. The van der Waals surface area contributed by atoms with Gasteiger partial charge in [0.2, 0.25) is 0 Å². The summed E-state index contributed by atoms with van der Waals surface area (Å²) in [6.07, 6.45) is 0. The molecule has 32 heteroatoms. The molecule has 0 fully saturated rings. The molecule has 0 aliphatic carbocycles. The van der Waals surface area contributed by atoms with E-state index < -0.39 is 0 Å². The Morgan fingerprint density at radius 2 is 0.0606 bits per heavy atom. The van der Waals surface area contributed by atoms with Crippen molar-refractivity contribution in [1.82, 2.24) is 0 Å². The molecule has 0 saturated heterocycles. The zero-order chi connectivity index (χ0) is 0. The molecule has 0 aliphatic heterocycles. The fourth-order valence-corrected chi connectivity index (χ4v) is 0. The Morgan fingerprint density at radius 1 is 0.0606 bits per heavy atom. The average Bonchev–Trinajstić information content (AvgIpc) is 0. The first-order chi connectivity index (χ1) is 0. The molecule has 0 aromatic carbocycles. The third kappa shape index (κ3) is 301. The molecule has 0 nitrogen and oxygen atoms in total. The van der Waals surface area contributed by atoms with Crippen molar-refractivity contribution in [2.24, 2.45) is 0 Å². The predicted octanol–water partition coefficient (Wildman–Crippen LogP) is 0.370. The van der Waals surface area contributed by atoms with Crippen molar-refractivity contribution >= 4 is 0 Å². The van der Waals surface area contributed by atoms with Gasteiger partial charge in [-0.05, 0) is 0 Å². The van der Waals surface area contributed by atoms with E-state index in [0.717, 1.165) is 0 Å². The van der Waals surface area contributed by atoms with Gasteiger partial charge in [-0.1, -0.05) is 0 Å². The molecule has 0 rings (SSSR count). The van der Waals surface area contributed by atoms with Crippen molar-refractivity contribution in [1.29, 1.82) is 0 Å². The first kappa shape index (κ1) is 331. The molecule has 0 atom stereocenters. The maximum absolute atomic E-state index is 0. The molecule has 0 aromatic heterocycles. The molecule has 0 spiro atoms. The monoisotopic (exact) mass is 5900 g/mol. The molecule has 0 saturated carbocycles. The maximum atomic E-state index is 0. The van der Waals surface area contributed by atoms with Crippen LogP contribution in [0, 0.1) is 7.43 Å². The quantitative estimate of drug-likeness (QED) is 0.309. The van der Waals surface area contributed by atoms with Crippen LogP contribution >= 0.6 is 0 Å². The van der Waals surface area contributed by atoms with Crippen molar-refractivity contribution in [3.05, 3.63) is 7.43 Å². The van der Waals surface area contributed by atoms with Gasteiger partial charge in [-0.25, -0.2) is 0 Å². The standard InChI is InChI=1S/CH3.32W/h1H3;;;;;;;;;;;;;;;;;;;;;;;;;;;;;;;;/q-1;;;;;;;;;;;;;;;;;;;;;;;;;;;;;;;;. The number of hydrogen-bond acceptors (Lipinski definition) is 0. The molecule has 0 radical (unpaired) electrons. The van der Waals surface area contributed by atoms with E-state index in [4.69, 9.17) is 0 Å². The molecular formula is CH3W32-. The van der Waals surface area contributed by atoms with E-state index in [1.807, 2.05) is 0 Å². The van der Waals surface area contributed by atoms with Crippen molar-refractivity contribution in [2.75, 3.05) is 0 Å².